The molecule has 2 aromatic carbocycles. The molecule has 132 valence electrons. The first-order valence-electron chi connectivity index (χ1n) is 8.60. The monoisotopic (exact) mass is 365 g/mol. The molecule has 2 heterocycles. The number of rotatable bonds is 4. The number of thioether (sulfide) groups is 1. The van der Waals surface area contributed by atoms with Gasteiger partial charge in [-0.25, -0.2) is 0 Å². The lowest BCUT2D eigenvalue weighted by atomic mass is 10.1. The Morgan fingerprint density at radius 1 is 1.15 bits per heavy atom. The highest BCUT2D eigenvalue weighted by Crippen LogP contribution is 2.35. The maximum Gasteiger partial charge on any atom is 0.277 e. The Labute approximate surface area is 156 Å². The quantitative estimate of drug-likeness (QED) is 0.649. The van der Waals surface area contributed by atoms with Gasteiger partial charge in [0.1, 0.15) is 0 Å². The molecule has 6 heteroatoms. The first kappa shape index (κ1) is 16.8. The van der Waals surface area contributed by atoms with Crippen LogP contribution in [0.5, 0.6) is 0 Å². The minimum absolute atomic E-state index is 0.0620. The predicted octanol–water partition coefficient (Wildman–Crippen LogP) is 4.20. The van der Waals surface area contributed by atoms with E-state index in [1.165, 1.54) is 17.3 Å². The van der Waals surface area contributed by atoms with Crippen molar-refractivity contribution in [3.8, 4) is 11.5 Å². The molecule has 2 atom stereocenters. The van der Waals surface area contributed by atoms with Crippen LogP contribution in [0.15, 0.2) is 64.2 Å². The number of hydrogen-bond acceptors (Lipinski definition) is 5. The number of para-hydroxylation sites is 1. The summed E-state index contributed by atoms with van der Waals surface area (Å²) in [5, 5.41) is 8.26. The van der Waals surface area contributed by atoms with Crippen LogP contribution in [0, 0.1) is 0 Å². The van der Waals surface area contributed by atoms with E-state index < -0.39 is 0 Å². The lowest BCUT2D eigenvalue weighted by Gasteiger charge is -2.25. The molecule has 1 amide bonds. The Balaban J connectivity index is 1.50. The van der Waals surface area contributed by atoms with Crippen molar-refractivity contribution >= 4 is 23.4 Å². The molecular formula is C20H19N3O2S. The van der Waals surface area contributed by atoms with E-state index in [0.717, 1.165) is 17.7 Å². The smallest absolute Gasteiger partial charge is 0.277 e. The highest BCUT2D eigenvalue weighted by molar-refractivity contribution is 8.00. The van der Waals surface area contributed by atoms with Gasteiger partial charge in [-0.05, 0) is 44.0 Å². The molecule has 0 radical (unpaired) electrons. The highest BCUT2D eigenvalue weighted by atomic mass is 32.2. The van der Waals surface area contributed by atoms with E-state index in [2.05, 4.69) is 23.2 Å². The molecule has 1 aliphatic rings. The number of benzene rings is 2. The van der Waals surface area contributed by atoms with Crippen LogP contribution in [0.4, 0.5) is 5.69 Å². The van der Waals surface area contributed by atoms with Gasteiger partial charge in [0.05, 0.1) is 5.25 Å². The van der Waals surface area contributed by atoms with Crippen LogP contribution in [-0.4, -0.2) is 27.4 Å². The van der Waals surface area contributed by atoms with Gasteiger partial charge in [0.2, 0.25) is 11.8 Å². The molecule has 0 aliphatic carbocycles. The van der Waals surface area contributed by atoms with Gasteiger partial charge in [-0.15, -0.1) is 10.2 Å². The van der Waals surface area contributed by atoms with Crippen molar-refractivity contribution in [1.82, 2.24) is 10.2 Å². The lowest BCUT2D eigenvalue weighted by Crippen LogP contribution is -2.40. The highest BCUT2D eigenvalue weighted by Gasteiger charge is 2.34. The number of fused-ring (bicyclic) bond motifs is 1. The Bertz CT molecular complexity index is 926. The molecule has 0 saturated carbocycles. The predicted molar refractivity (Wildman–Crippen MR) is 102 cm³/mol. The van der Waals surface area contributed by atoms with Crippen molar-refractivity contribution in [3.63, 3.8) is 0 Å². The molecule has 1 aliphatic heterocycles. The van der Waals surface area contributed by atoms with Crippen LogP contribution in [0.2, 0.25) is 0 Å². The molecule has 0 unspecified atom stereocenters. The molecule has 26 heavy (non-hydrogen) atoms. The summed E-state index contributed by atoms with van der Waals surface area (Å²) < 4.78 is 5.72. The molecule has 0 N–H and O–H groups in total. The second-order valence-electron chi connectivity index (χ2n) is 6.39. The summed E-state index contributed by atoms with van der Waals surface area (Å²) in [6, 6.07) is 17.8. The van der Waals surface area contributed by atoms with E-state index in [1.54, 1.807) is 0 Å². The minimum Gasteiger partial charge on any atom is -0.411 e. The maximum atomic E-state index is 13.0. The third kappa shape index (κ3) is 3.12. The van der Waals surface area contributed by atoms with Crippen molar-refractivity contribution in [3.05, 3.63) is 60.2 Å². The van der Waals surface area contributed by atoms with Crippen molar-refractivity contribution in [2.24, 2.45) is 0 Å². The molecule has 3 aromatic rings. The number of amides is 1. The number of hydrogen-bond donors (Lipinski definition) is 0. The number of carbonyl (C=O) groups excluding carboxylic acids is 1. The van der Waals surface area contributed by atoms with Gasteiger partial charge < -0.3 is 9.32 Å². The zero-order valence-electron chi connectivity index (χ0n) is 14.6. The fourth-order valence-corrected chi connectivity index (χ4v) is 3.99. The average molecular weight is 365 g/mol. The Morgan fingerprint density at radius 3 is 2.69 bits per heavy atom. The number of carbonyl (C=O) groups is 1. The van der Waals surface area contributed by atoms with E-state index in [4.69, 9.17) is 4.42 Å². The summed E-state index contributed by atoms with van der Waals surface area (Å²) in [6.07, 6.45) is 0.887. The summed E-state index contributed by atoms with van der Waals surface area (Å²) in [5.41, 5.74) is 3.09. The molecule has 5 nitrogen and oxygen atoms in total. The maximum absolute atomic E-state index is 13.0. The summed E-state index contributed by atoms with van der Waals surface area (Å²) in [4.78, 5) is 14.9. The lowest BCUT2D eigenvalue weighted by molar-refractivity contribution is -0.118. The van der Waals surface area contributed by atoms with E-state index in [9.17, 15) is 4.79 Å². The largest absolute Gasteiger partial charge is 0.411 e. The van der Waals surface area contributed by atoms with Crippen LogP contribution in [0.3, 0.4) is 0 Å². The summed E-state index contributed by atoms with van der Waals surface area (Å²) in [5.74, 6) is 0.527. The number of aromatic nitrogens is 2. The van der Waals surface area contributed by atoms with E-state index >= 15 is 0 Å². The van der Waals surface area contributed by atoms with Crippen LogP contribution < -0.4 is 4.90 Å². The van der Waals surface area contributed by atoms with Gasteiger partial charge in [-0.3, -0.25) is 4.79 Å². The van der Waals surface area contributed by atoms with Gasteiger partial charge in [-0.2, -0.15) is 0 Å². The second kappa shape index (κ2) is 6.96. The van der Waals surface area contributed by atoms with Gasteiger partial charge in [0, 0.05) is 17.3 Å². The molecule has 4 rings (SSSR count). The van der Waals surface area contributed by atoms with Crippen LogP contribution in [0.25, 0.3) is 11.5 Å². The van der Waals surface area contributed by atoms with E-state index in [1.807, 2.05) is 60.4 Å². The minimum atomic E-state index is -0.312. The van der Waals surface area contributed by atoms with E-state index in [0.29, 0.717) is 11.1 Å². The van der Waals surface area contributed by atoms with Crippen molar-refractivity contribution in [2.75, 3.05) is 4.90 Å². The normalized spacial score (nSPS) is 17.2. The molecule has 0 spiro atoms. The SMILES string of the molecule is C[C@@H]1Cc2ccccc2N1C(=O)[C@@H](C)Sc1nnc(-c2ccccc2)o1. The summed E-state index contributed by atoms with van der Waals surface area (Å²) in [6.45, 7) is 3.96. The molecular weight excluding hydrogens is 346 g/mol. The zero-order chi connectivity index (χ0) is 18.1. The van der Waals surface area contributed by atoms with Crippen LogP contribution >= 0.6 is 11.8 Å². The molecule has 0 fully saturated rings. The van der Waals surface area contributed by atoms with E-state index in [-0.39, 0.29) is 17.2 Å². The molecule has 1 aromatic heterocycles. The first-order chi connectivity index (χ1) is 12.6. The zero-order valence-corrected chi connectivity index (χ0v) is 15.4. The molecule has 0 saturated heterocycles. The second-order valence-corrected chi connectivity index (χ2v) is 7.68. The Kier molecular flexibility index (Phi) is 4.51. The summed E-state index contributed by atoms with van der Waals surface area (Å²) >= 11 is 1.30. The fourth-order valence-electron chi connectivity index (χ4n) is 3.25. The third-order valence-electron chi connectivity index (χ3n) is 4.50. The van der Waals surface area contributed by atoms with Crippen LogP contribution in [-0.2, 0) is 11.2 Å². The molecule has 0 bridgehead atoms. The Hall–Kier alpha value is -2.60. The van der Waals surface area contributed by atoms with Crippen molar-refractivity contribution < 1.29 is 9.21 Å². The van der Waals surface area contributed by atoms with Gasteiger partial charge in [0.25, 0.3) is 5.22 Å². The Morgan fingerprint density at radius 2 is 1.88 bits per heavy atom. The average Bonchev–Trinajstić information content (AvgIpc) is 3.25. The van der Waals surface area contributed by atoms with Crippen molar-refractivity contribution in [2.45, 2.75) is 36.8 Å². The van der Waals surface area contributed by atoms with Crippen molar-refractivity contribution in [1.29, 1.82) is 0 Å². The van der Waals surface area contributed by atoms with Gasteiger partial charge in [0.15, 0.2) is 0 Å². The van der Waals surface area contributed by atoms with Gasteiger partial charge >= 0.3 is 0 Å². The van der Waals surface area contributed by atoms with Gasteiger partial charge in [-0.1, -0.05) is 48.2 Å². The fraction of sp³-hybridized carbons (Fsp3) is 0.250. The number of anilines is 1. The standard InChI is InChI=1S/C20H19N3O2S/c1-13-12-16-10-6-7-11-17(16)23(13)19(24)14(2)26-20-22-21-18(25-20)15-8-4-3-5-9-15/h3-11,13-14H,12H2,1-2H3/t13-,14-/m1/s1. The number of nitrogens with zero attached hydrogens (tertiary/aromatic N) is 3. The topological polar surface area (TPSA) is 59.2 Å². The van der Waals surface area contributed by atoms with Crippen LogP contribution in [0.1, 0.15) is 19.4 Å². The first-order valence-corrected chi connectivity index (χ1v) is 9.48. The third-order valence-corrected chi connectivity index (χ3v) is 5.42. The summed E-state index contributed by atoms with van der Waals surface area (Å²) in [7, 11) is 0.